The molecule has 3 nitrogen and oxygen atoms in total. The van der Waals surface area contributed by atoms with Gasteiger partial charge in [0.1, 0.15) is 0 Å². The number of rotatable bonds is 4. The Morgan fingerprint density at radius 3 is 2.68 bits per heavy atom. The first-order chi connectivity index (χ1) is 10.3. The molecule has 1 heterocycles. The first-order valence-corrected chi connectivity index (χ1v) is 6.99. The lowest BCUT2D eigenvalue weighted by Gasteiger charge is -2.39. The predicted octanol–water partition coefficient (Wildman–Crippen LogP) is 3.50. The second-order valence-electron chi connectivity index (χ2n) is 5.35. The summed E-state index contributed by atoms with van der Waals surface area (Å²) in [5, 5.41) is 0. The third kappa shape index (κ3) is 2.77. The van der Waals surface area contributed by atoms with Crippen molar-refractivity contribution in [2.45, 2.75) is 31.9 Å². The van der Waals surface area contributed by atoms with Gasteiger partial charge in [0.2, 0.25) is 5.91 Å². The van der Waals surface area contributed by atoms with Crippen LogP contribution in [0.15, 0.2) is 48.3 Å². The zero-order chi connectivity index (χ0) is 16.4. The van der Waals surface area contributed by atoms with Crippen molar-refractivity contribution in [1.82, 2.24) is 4.98 Å². The molecule has 1 aromatic heterocycles. The monoisotopic (exact) mass is 310 g/mol. The first kappa shape index (κ1) is 16.3. The van der Waals surface area contributed by atoms with Crippen LogP contribution in [-0.4, -0.2) is 17.1 Å². The van der Waals surface area contributed by atoms with Gasteiger partial charge in [-0.25, -0.2) is 0 Å². The minimum absolute atomic E-state index is 0.242. The van der Waals surface area contributed by atoms with Gasteiger partial charge in [0, 0.05) is 23.9 Å². The molecule has 2 atom stereocenters. The summed E-state index contributed by atoms with van der Waals surface area (Å²) in [6.07, 6.45) is 2.85. The molecule has 1 aliphatic rings. The standard InChI is InChI=1S/C16H17F3N2O/c1-2-7-15(14(20)22)8-3-6-12(16(17,18)19)13(15)11-5-4-9-21-10-11/h3-6,8-10,13H,2,7H2,1H3,(H2,20,22). The Balaban J connectivity index is 2.66. The van der Waals surface area contributed by atoms with Crippen molar-refractivity contribution >= 4 is 5.91 Å². The number of alkyl halides is 3. The van der Waals surface area contributed by atoms with E-state index in [0.717, 1.165) is 6.08 Å². The van der Waals surface area contributed by atoms with Gasteiger partial charge in [0.15, 0.2) is 0 Å². The molecule has 1 aliphatic carbocycles. The highest BCUT2D eigenvalue weighted by Crippen LogP contribution is 2.52. The number of nitrogens with two attached hydrogens (primary N) is 1. The summed E-state index contributed by atoms with van der Waals surface area (Å²) in [5.74, 6) is -1.93. The molecule has 2 unspecified atom stereocenters. The fraction of sp³-hybridized carbons (Fsp3) is 0.375. The molecule has 2 N–H and O–H groups in total. The van der Waals surface area contributed by atoms with Gasteiger partial charge in [-0.05, 0) is 18.1 Å². The Kier molecular flexibility index (Phi) is 4.39. The number of carbonyl (C=O) groups excluding carboxylic acids is 1. The quantitative estimate of drug-likeness (QED) is 0.925. The van der Waals surface area contributed by atoms with Crippen molar-refractivity contribution in [3.63, 3.8) is 0 Å². The summed E-state index contributed by atoms with van der Waals surface area (Å²) in [5.41, 5.74) is 3.69. The van der Waals surface area contributed by atoms with Crippen LogP contribution in [0, 0.1) is 5.41 Å². The zero-order valence-corrected chi connectivity index (χ0v) is 12.1. The maximum atomic E-state index is 13.4. The highest BCUT2D eigenvalue weighted by atomic mass is 19.4. The van der Waals surface area contributed by atoms with E-state index in [9.17, 15) is 18.0 Å². The molecule has 0 fully saturated rings. The molecule has 0 saturated heterocycles. The highest BCUT2D eigenvalue weighted by Gasteiger charge is 2.52. The molecule has 2 rings (SSSR count). The van der Waals surface area contributed by atoms with Crippen molar-refractivity contribution in [1.29, 1.82) is 0 Å². The van der Waals surface area contributed by atoms with Crippen LogP contribution in [0.3, 0.4) is 0 Å². The van der Waals surface area contributed by atoms with E-state index in [0.29, 0.717) is 12.0 Å². The number of allylic oxidation sites excluding steroid dienone is 3. The van der Waals surface area contributed by atoms with Crippen LogP contribution in [0.25, 0.3) is 0 Å². The van der Waals surface area contributed by atoms with Gasteiger partial charge < -0.3 is 5.73 Å². The van der Waals surface area contributed by atoms with E-state index in [1.54, 1.807) is 12.1 Å². The summed E-state index contributed by atoms with van der Waals surface area (Å²) in [4.78, 5) is 16.0. The average Bonchev–Trinajstić information content (AvgIpc) is 2.47. The Morgan fingerprint density at radius 1 is 1.45 bits per heavy atom. The molecule has 0 saturated carbocycles. The molecular formula is C16H17F3N2O. The fourth-order valence-corrected chi connectivity index (χ4v) is 3.06. The Hall–Kier alpha value is -2.11. The Morgan fingerprint density at radius 2 is 2.18 bits per heavy atom. The molecule has 1 aromatic rings. The van der Waals surface area contributed by atoms with Crippen LogP contribution in [0.1, 0.15) is 31.2 Å². The second-order valence-corrected chi connectivity index (χ2v) is 5.35. The number of nitrogens with zero attached hydrogens (tertiary/aromatic N) is 1. The van der Waals surface area contributed by atoms with Crippen LogP contribution in [0.4, 0.5) is 13.2 Å². The number of hydrogen-bond donors (Lipinski definition) is 1. The number of aromatic nitrogens is 1. The summed E-state index contributed by atoms with van der Waals surface area (Å²) in [6, 6.07) is 3.10. The lowest BCUT2D eigenvalue weighted by Crippen LogP contribution is -2.44. The fourth-order valence-electron chi connectivity index (χ4n) is 3.06. The predicted molar refractivity (Wildman–Crippen MR) is 76.8 cm³/mol. The topological polar surface area (TPSA) is 56.0 Å². The van der Waals surface area contributed by atoms with Gasteiger partial charge in [-0.2, -0.15) is 13.2 Å². The molecule has 1 amide bonds. The summed E-state index contributed by atoms with van der Waals surface area (Å²) < 4.78 is 40.3. The number of halogens is 3. The van der Waals surface area contributed by atoms with Crippen LogP contribution < -0.4 is 5.73 Å². The van der Waals surface area contributed by atoms with Crippen molar-refractivity contribution in [3.8, 4) is 0 Å². The zero-order valence-electron chi connectivity index (χ0n) is 12.1. The van der Waals surface area contributed by atoms with E-state index in [1.165, 1.54) is 24.5 Å². The van der Waals surface area contributed by atoms with E-state index in [2.05, 4.69) is 4.98 Å². The SMILES string of the molecule is CCCC1(C(N)=O)C=CC=C(C(F)(F)F)C1c1cccnc1. The molecule has 118 valence electrons. The Labute approximate surface area is 126 Å². The van der Waals surface area contributed by atoms with E-state index in [4.69, 9.17) is 5.73 Å². The smallest absolute Gasteiger partial charge is 0.369 e. The second kappa shape index (κ2) is 5.94. The number of primary amides is 1. The van der Waals surface area contributed by atoms with Crippen LogP contribution in [-0.2, 0) is 4.79 Å². The van der Waals surface area contributed by atoms with E-state index >= 15 is 0 Å². The van der Waals surface area contributed by atoms with E-state index < -0.39 is 29.0 Å². The molecule has 0 bridgehead atoms. The highest BCUT2D eigenvalue weighted by molar-refractivity contribution is 5.85. The summed E-state index contributed by atoms with van der Waals surface area (Å²) in [7, 11) is 0. The van der Waals surface area contributed by atoms with E-state index in [1.807, 2.05) is 6.92 Å². The molecular weight excluding hydrogens is 293 g/mol. The van der Waals surface area contributed by atoms with E-state index in [-0.39, 0.29) is 6.42 Å². The van der Waals surface area contributed by atoms with Gasteiger partial charge in [-0.3, -0.25) is 9.78 Å². The lowest BCUT2D eigenvalue weighted by molar-refractivity contribution is -0.129. The number of carbonyl (C=O) groups is 1. The maximum absolute atomic E-state index is 13.4. The molecule has 22 heavy (non-hydrogen) atoms. The van der Waals surface area contributed by atoms with Crippen LogP contribution >= 0.6 is 0 Å². The van der Waals surface area contributed by atoms with Gasteiger partial charge in [-0.1, -0.05) is 37.6 Å². The van der Waals surface area contributed by atoms with Crippen LogP contribution in [0.5, 0.6) is 0 Å². The van der Waals surface area contributed by atoms with Crippen molar-refractivity contribution in [3.05, 3.63) is 53.9 Å². The van der Waals surface area contributed by atoms with Crippen molar-refractivity contribution in [2.75, 3.05) is 0 Å². The average molecular weight is 310 g/mol. The normalized spacial score (nSPS) is 24.9. The summed E-state index contributed by atoms with van der Waals surface area (Å²) in [6.45, 7) is 1.81. The lowest BCUT2D eigenvalue weighted by atomic mass is 9.63. The van der Waals surface area contributed by atoms with Gasteiger partial charge in [0.25, 0.3) is 0 Å². The molecule has 0 spiro atoms. The maximum Gasteiger partial charge on any atom is 0.413 e. The molecule has 0 aromatic carbocycles. The van der Waals surface area contributed by atoms with Crippen molar-refractivity contribution < 1.29 is 18.0 Å². The number of pyridine rings is 1. The van der Waals surface area contributed by atoms with Crippen LogP contribution in [0.2, 0.25) is 0 Å². The van der Waals surface area contributed by atoms with Gasteiger partial charge >= 0.3 is 6.18 Å². The molecule has 0 aliphatic heterocycles. The molecule has 0 radical (unpaired) electrons. The number of hydrogen-bond acceptors (Lipinski definition) is 2. The molecule has 6 heteroatoms. The van der Waals surface area contributed by atoms with Crippen molar-refractivity contribution in [2.24, 2.45) is 11.1 Å². The first-order valence-electron chi connectivity index (χ1n) is 6.99. The Bertz CT molecular complexity index is 608. The number of amides is 1. The third-order valence-electron chi connectivity index (χ3n) is 3.96. The van der Waals surface area contributed by atoms with Gasteiger partial charge in [0.05, 0.1) is 5.41 Å². The third-order valence-corrected chi connectivity index (χ3v) is 3.96. The minimum Gasteiger partial charge on any atom is -0.369 e. The minimum atomic E-state index is -4.54. The largest absolute Gasteiger partial charge is 0.413 e. The summed E-state index contributed by atoms with van der Waals surface area (Å²) >= 11 is 0. The van der Waals surface area contributed by atoms with Gasteiger partial charge in [-0.15, -0.1) is 0 Å².